The third-order valence-corrected chi connectivity index (χ3v) is 7.61. The van der Waals surface area contributed by atoms with Gasteiger partial charge in [0.05, 0.1) is 11.6 Å². The van der Waals surface area contributed by atoms with Crippen LogP contribution in [0.5, 0.6) is 0 Å². The normalized spacial score (nSPS) is 33.4. The number of carbonyl (C=O) groups excluding carboxylic acids is 3. The summed E-state index contributed by atoms with van der Waals surface area (Å²) >= 11 is 0. The maximum atomic E-state index is 13.3. The summed E-state index contributed by atoms with van der Waals surface area (Å²) in [6.45, 7) is 7.90. The molecule has 148 valence electrons. The molecule has 2 amide bonds. The van der Waals surface area contributed by atoms with Gasteiger partial charge in [-0.3, -0.25) is 14.4 Å². The molecule has 6 heteroatoms. The fourth-order valence-electron chi connectivity index (χ4n) is 5.59. The Morgan fingerprint density at radius 3 is 2.43 bits per heavy atom. The Morgan fingerprint density at radius 1 is 1.18 bits per heavy atom. The lowest BCUT2D eigenvalue weighted by Gasteiger charge is -2.32. The average Bonchev–Trinajstić information content (AvgIpc) is 2.95. The molecule has 2 saturated carbocycles. The number of benzene rings is 1. The Bertz CT molecular complexity index is 887. The van der Waals surface area contributed by atoms with E-state index < -0.39 is 0 Å². The number of anilines is 1. The van der Waals surface area contributed by atoms with E-state index in [1.165, 1.54) is 6.92 Å². The van der Waals surface area contributed by atoms with Crippen LogP contribution in [0.25, 0.3) is 0 Å². The molecule has 2 aliphatic carbocycles. The van der Waals surface area contributed by atoms with Gasteiger partial charge in [-0.2, -0.15) is 5.10 Å². The van der Waals surface area contributed by atoms with Crippen molar-refractivity contribution in [3.05, 3.63) is 29.8 Å². The van der Waals surface area contributed by atoms with Gasteiger partial charge < -0.3 is 5.32 Å². The predicted molar refractivity (Wildman–Crippen MR) is 107 cm³/mol. The smallest absolute Gasteiger partial charge is 0.244 e. The summed E-state index contributed by atoms with van der Waals surface area (Å²) in [5.74, 6) is -0.400. The Kier molecular flexibility index (Phi) is 4.21. The molecule has 1 aliphatic heterocycles. The predicted octanol–water partition coefficient (Wildman–Crippen LogP) is 3.13. The van der Waals surface area contributed by atoms with E-state index in [1.54, 1.807) is 0 Å². The van der Waals surface area contributed by atoms with Crippen molar-refractivity contribution < 1.29 is 14.4 Å². The summed E-state index contributed by atoms with van der Waals surface area (Å²) in [7, 11) is 0. The number of nitrogens with zero attached hydrogens (tertiary/aromatic N) is 1. The van der Waals surface area contributed by atoms with Gasteiger partial charge in [-0.15, -0.1) is 0 Å². The van der Waals surface area contributed by atoms with Crippen molar-refractivity contribution in [2.45, 2.75) is 47.0 Å². The van der Waals surface area contributed by atoms with Crippen LogP contribution >= 0.6 is 0 Å². The molecule has 0 aromatic heterocycles. The fourth-order valence-corrected chi connectivity index (χ4v) is 5.59. The van der Waals surface area contributed by atoms with E-state index >= 15 is 0 Å². The Morgan fingerprint density at radius 2 is 1.86 bits per heavy atom. The van der Waals surface area contributed by atoms with Gasteiger partial charge in [-0.05, 0) is 41.9 Å². The second-order valence-electron chi connectivity index (χ2n) is 9.19. The van der Waals surface area contributed by atoms with Gasteiger partial charge >= 0.3 is 0 Å². The lowest BCUT2D eigenvalue weighted by atomic mass is 9.70. The monoisotopic (exact) mass is 381 g/mol. The molecule has 1 aromatic rings. The van der Waals surface area contributed by atoms with Crippen molar-refractivity contribution in [2.75, 3.05) is 5.32 Å². The number of hydrogen-bond acceptors (Lipinski definition) is 4. The molecule has 1 aromatic carbocycles. The Hall–Kier alpha value is -2.50. The molecule has 4 atom stereocenters. The number of ketones is 1. The lowest BCUT2D eigenvalue weighted by Crippen LogP contribution is -2.44. The van der Waals surface area contributed by atoms with Gasteiger partial charge in [0.1, 0.15) is 5.78 Å². The Labute approximate surface area is 165 Å². The highest BCUT2D eigenvalue weighted by atomic mass is 16.2. The van der Waals surface area contributed by atoms with Crippen LogP contribution in [-0.4, -0.2) is 23.3 Å². The largest absolute Gasteiger partial charge is 0.326 e. The summed E-state index contributed by atoms with van der Waals surface area (Å²) in [5.41, 5.74) is 4.61. The zero-order valence-corrected chi connectivity index (χ0v) is 16.8. The van der Waals surface area contributed by atoms with Crippen molar-refractivity contribution >= 4 is 29.0 Å². The molecule has 28 heavy (non-hydrogen) atoms. The number of nitrogens with one attached hydrogen (secondary N) is 2. The molecule has 0 spiro atoms. The SMILES string of the molecule is CC(=O)Nc1ccc(C2=NNC(=O)[C@@H](C3C(=O)C4(C)CCC3C4(C)C)C2)cc1. The minimum Gasteiger partial charge on any atom is -0.326 e. The van der Waals surface area contributed by atoms with Crippen LogP contribution in [0.15, 0.2) is 29.4 Å². The summed E-state index contributed by atoms with van der Waals surface area (Å²) in [5, 5.41) is 6.99. The number of carbonyl (C=O) groups is 3. The highest BCUT2D eigenvalue weighted by molar-refractivity contribution is 6.07. The minimum atomic E-state index is -0.374. The van der Waals surface area contributed by atoms with Gasteiger partial charge in [0.2, 0.25) is 11.8 Å². The maximum Gasteiger partial charge on any atom is 0.244 e. The van der Waals surface area contributed by atoms with Gasteiger partial charge in [0.25, 0.3) is 0 Å². The molecule has 3 aliphatic rings. The number of hydrazone groups is 1. The van der Waals surface area contributed by atoms with E-state index in [4.69, 9.17) is 0 Å². The molecular weight excluding hydrogens is 354 g/mol. The molecule has 3 unspecified atom stereocenters. The van der Waals surface area contributed by atoms with Crippen LogP contribution in [0.2, 0.25) is 0 Å². The first kappa shape index (κ1) is 18.8. The molecule has 2 N–H and O–H groups in total. The van der Waals surface area contributed by atoms with Crippen LogP contribution in [0.1, 0.15) is 52.5 Å². The number of fused-ring (bicyclic) bond motifs is 2. The number of hydrogen-bond donors (Lipinski definition) is 2. The van der Waals surface area contributed by atoms with E-state index in [0.29, 0.717) is 12.1 Å². The van der Waals surface area contributed by atoms with E-state index in [9.17, 15) is 14.4 Å². The molecule has 1 heterocycles. The first-order chi connectivity index (χ1) is 13.1. The summed E-state index contributed by atoms with van der Waals surface area (Å²) in [6.07, 6.45) is 2.38. The molecule has 0 radical (unpaired) electrons. The minimum absolute atomic E-state index is 0.0796. The van der Waals surface area contributed by atoms with E-state index in [2.05, 4.69) is 36.6 Å². The van der Waals surface area contributed by atoms with Crippen LogP contribution in [0, 0.1) is 28.6 Å². The van der Waals surface area contributed by atoms with Crippen molar-refractivity contribution in [3.63, 3.8) is 0 Å². The van der Waals surface area contributed by atoms with E-state index in [1.807, 2.05) is 24.3 Å². The zero-order valence-electron chi connectivity index (χ0n) is 16.8. The second-order valence-corrected chi connectivity index (χ2v) is 9.19. The van der Waals surface area contributed by atoms with Gasteiger partial charge in [-0.1, -0.05) is 32.9 Å². The molecule has 6 nitrogen and oxygen atoms in total. The molecular formula is C22H27N3O3. The van der Waals surface area contributed by atoms with Crippen molar-refractivity contribution in [1.29, 1.82) is 0 Å². The van der Waals surface area contributed by atoms with Crippen LogP contribution in [0.4, 0.5) is 5.69 Å². The van der Waals surface area contributed by atoms with Crippen LogP contribution in [-0.2, 0) is 14.4 Å². The standard InChI is InChI=1S/C22H27N3O3/c1-12(26)23-14-7-5-13(6-8-14)17-11-15(20(28)25-24-17)18-16-9-10-22(4,19(18)27)21(16,2)3/h5-8,15-16,18H,9-11H2,1-4H3,(H,23,26)(H,25,28)/t15-,16?,18?,22?/m1/s1. The third kappa shape index (κ3) is 2.61. The highest BCUT2D eigenvalue weighted by Crippen LogP contribution is 2.67. The van der Waals surface area contributed by atoms with E-state index in [0.717, 1.165) is 24.1 Å². The Balaban J connectivity index is 1.58. The summed E-state index contributed by atoms with van der Waals surface area (Å²) in [4.78, 5) is 37.1. The van der Waals surface area contributed by atoms with Crippen molar-refractivity contribution in [2.24, 2.45) is 33.7 Å². The first-order valence-corrected chi connectivity index (χ1v) is 9.94. The first-order valence-electron chi connectivity index (χ1n) is 9.94. The van der Waals surface area contributed by atoms with Gasteiger partial charge in [-0.25, -0.2) is 5.43 Å². The van der Waals surface area contributed by atoms with Gasteiger partial charge in [0, 0.05) is 30.4 Å². The zero-order chi connectivity index (χ0) is 20.3. The quantitative estimate of drug-likeness (QED) is 0.843. The summed E-state index contributed by atoms with van der Waals surface area (Å²) < 4.78 is 0. The van der Waals surface area contributed by atoms with Crippen LogP contribution < -0.4 is 10.7 Å². The molecule has 2 bridgehead atoms. The van der Waals surface area contributed by atoms with Crippen molar-refractivity contribution in [1.82, 2.24) is 5.43 Å². The number of amides is 2. The lowest BCUT2D eigenvalue weighted by molar-refractivity contribution is -0.138. The average molecular weight is 381 g/mol. The number of Topliss-reactive ketones (excluding diaryl/α,β-unsaturated/α-hetero) is 1. The van der Waals surface area contributed by atoms with Gasteiger partial charge in [0.15, 0.2) is 0 Å². The maximum absolute atomic E-state index is 13.3. The molecule has 2 fully saturated rings. The van der Waals surface area contributed by atoms with Crippen LogP contribution in [0.3, 0.4) is 0 Å². The second kappa shape index (κ2) is 6.26. The highest BCUT2D eigenvalue weighted by Gasteiger charge is 2.68. The van der Waals surface area contributed by atoms with Crippen molar-refractivity contribution in [3.8, 4) is 0 Å². The topological polar surface area (TPSA) is 87.6 Å². The third-order valence-electron chi connectivity index (χ3n) is 7.61. The van der Waals surface area contributed by atoms with E-state index in [-0.39, 0.29) is 46.2 Å². The number of rotatable bonds is 3. The summed E-state index contributed by atoms with van der Waals surface area (Å²) in [6, 6.07) is 7.40. The fraction of sp³-hybridized carbons (Fsp3) is 0.545. The molecule has 4 rings (SSSR count). The molecule has 0 saturated heterocycles.